The van der Waals surface area contributed by atoms with Crippen molar-refractivity contribution in [2.75, 3.05) is 10.6 Å². The van der Waals surface area contributed by atoms with E-state index in [0.29, 0.717) is 36.2 Å². The molecule has 6 heteroatoms. The van der Waals surface area contributed by atoms with E-state index in [0.717, 1.165) is 5.39 Å². The van der Waals surface area contributed by atoms with Crippen molar-refractivity contribution in [2.24, 2.45) is 0 Å². The van der Waals surface area contributed by atoms with E-state index in [2.05, 4.69) is 26.5 Å². The Balaban J connectivity index is 1.72. The quantitative estimate of drug-likeness (QED) is 0.521. The molecule has 0 spiro atoms. The number of benzene rings is 1. The highest BCUT2D eigenvalue weighted by atomic mass is 16.2. The summed E-state index contributed by atoms with van der Waals surface area (Å²) < 4.78 is 0. The van der Waals surface area contributed by atoms with Crippen LogP contribution in [-0.2, 0) is 4.79 Å². The maximum atomic E-state index is 12.6. The number of fused-ring (bicyclic) bond motifs is 1. The number of hydrogen-bond acceptors (Lipinski definition) is 4. The minimum atomic E-state index is -0.378. The Morgan fingerprint density at radius 2 is 1.89 bits per heavy atom. The third-order valence-corrected chi connectivity index (χ3v) is 3.88. The molecule has 0 aliphatic heterocycles. The molecule has 0 unspecified atom stereocenters. The summed E-state index contributed by atoms with van der Waals surface area (Å²) in [6, 6.07) is 12.5. The molecule has 3 rings (SSSR count). The first-order valence-corrected chi connectivity index (χ1v) is 8.52. The number of carbonyl (C=O) groups is 2. The van der Waals surface area contributed by atoms with Crippen LogP contribution in [-0.4, -0.2) is 21.8 Å². The minimum Gasteiger partial charge on any atom is -0.326 e. The summed E-state index contributed by atoms with van der Waals surface area (Å²) in [4.78, 5) is 32.9. The SMILES string of the molecule is C#CCCCC(=O)Nc1ccnc(C(=O)Nc2cccc3cccnc23)c1. The molecule has 3 aromatic rings. The third kappa shape index (κ3) is 4.67. The van der Waals surface area contributed by atoms with Gasteiger partial charge in [0.25, 0.3) is 5.91 Å². The highest BCUT2D eigenvalue weighted by Gasteiger charge is 2.12. The van der Waals surface area contributed by atoms with Gasteiger partial charge in [-0.05, 0) is 30.7 Å². The van der Waals surface area contributed by atoms with Crippen LogP contribution in [0.2, 0.25) is 0 Å². The average Bonchev–Trinajstić information content (AvgIpc) is 2.68. The molecule has 0 aliphatic carbocycles. The zero-order valence-corrected chi connectivity index (χ0v) is 14.6. The Bertz CT molecular complexity index is 1020. The molecule has 0 saturated heterocycles. The number of nitrogens with zero attached hydrogens (tertiary/aromatic N) is 2. The van der Waals surface area contributed by atoms with Gasteiger partial charge in [-0.25, -0.2) is 0 Å². The molecule has 27 heavy (non-hydrogen) atoms. The van der Waals surface area contributed by atoms with Crippen molar-refractivity contribution in [3.05, 3.63) is 60.6 Å². The number of aromatic nitrogens is 2. The molecule has 1 aromatic carbocycles. The Morgan fingerprint density at radius 1 is 1.04 bits per heavy atom. The van der Waals surface area contributed by atoms with Gasteiger partial charge in [0.2, 0.25) is 5.91 Å². The fourth-order valence-corrected chi connectivity index (χ4v) is 2.60. The van der Waals surface area contributed by atoms with E-state index < -0.39 is 0 Å². The van der Waals surface area contributed by atoms with Crippen LogP contribution < -0.4 is 10.6 Å². The highest BCUT2D eigenvalue weighted by molar-refractivity contribution is 6.07. The molecule has 0 saturated carbocycles. The minimum absolute atomic E-state index is 0.152. The summed E-state index contributed by atoms with van der Waals surface area (Å²) in [5.74, 6) is 1.97. The first kappa shape index (κ1) is 18.1. The van der Waals surface area contributed by atoms with E-state index in [9.17, 15) is 9.59 Å². The summed E-state index contributed by atoms with van der Waals surface area (Å²) in [7, 11) is 0. The van der Waals surface area contributed by atoms with Gasteiger partial charge in [0.1, 0.15) is 5.69 Å². The van der Waals surface area contributed by atoms with Gasteiger partial charge in [0.15, 0.2) is 0 Å². The Hall–Kier alpha value is -3.72. The lowest BCUT2D eigenvalue weighted by Gasteiger charge is -2.09. The van der Waals surface area contributed by atoms with E-state index in [1.165, 1.54) is 12.3 Å². The summed E-state index contributed by atoms with van der Waals surface area (Å²) in [5, 5.41) is 6.50. The van der Waals surface area contributed by atoms with Gasteiger partial charge < -0.3 is 10.6 Å². The van der Waals surface area contributed by atoms with Gasteiger partial charge in [0, 0.05) is 36.3 Å². The van der Waals surface area contributed by atoms with Crippen molar-refractivity contribution in [3.8, 4) is 12.3 Å². The maximum absolute atomic E-state index is 12.6. The number of rotatable bonds is 6. The van der Waals surface area contributed by atoms with Gasteiger partial charge in [-0.2, -0.15) is 0 Å². The topological polar surface area (TPSA) is 84.0 Å². The van der Waals surface area contributed by atoms with Gasteiger partial charge in [-0.15, -0.1) is 12.3 Å². The smallest absolute Gasteiger partial charge is 0.274 e. The molecule has 2 N–H and O–H groups in total. The second-order valence-electron chi connectivity index (χ2n) is 5.87. The van der Waals surface area contributed by atoms with E-state index in [4.69, 9.17) is 6.42 Å². The molecular weight excluding hydrogens is 340 g/mol. The number of terminal acetylenes is 1. The van der Waals surface area contributed by atoms with Crippen molar-refractivity contribution in [3.63, 3.8) is 0 Å². The van der Waals surface area contributed by atoms with Gasteiger partial charge >= 0.3 is 0 Å². The van der Waals surface area contributed by atoms with Crippen LogP contribution in [0.3, 0.4) is 0 Å². The molecule has 2 amide bonds. The molecule has 0 radical (unpaired) electrons. The van der Waals surface area contributed by atoms with E-state index in [1.807, 2.05) is 24.3 Å². The lowest BCUT2D eigenvalue weighted by atomic mass is 10.2. The maximum Gasteiger partial charge on any atom is 0.274 e. The Labute approximate surface area is 157 Å². The largest absolute Gasteiger partial charge is 0.326 e. The summed E-state index contributed by atoms with van der Waals surface area (Å²) >= 11 is 0. The summed E-state index contributed by atoms with van der Waals surface area (Å²) in [6.45, 7) is 0. The van der Waals surface area contributed by atoms with E-state index in [-0.39, 0.29) is 17.5 Å². The fraction of sp³-hybridized carbons (Fsp3) is 0.143. The average molecular weight is 358 g/mol. The van der Waals surface area contributed by atoms with Gasteiger partial charge in [-0.1, -0.05) is 18.2 Å². The zero-order valence-electron chi connectivity index (χ0n) is 14.6. The predicted molar refractivity (Wildman–Crippen MR) is 105 cm³/mol. The van der Waals surface area contributed by atoms with Crippen LogP contribution in [0.4, 0.5) is 11.4 Å². The van der Waals surface area contributed by atoms with Gasteiger partial charge in [-0.3, -0.25) is 19.6 Å². The molecule has 2 aromatic heterocycles. The number of anilines is 2. The molecule has 134 valence electrons. The number of para-hydroxylation sites is 1. The van der Waals surface area contributed by atoms with Crippen LogP contribution in [0.5, 0.6) is 0 Å². The number of unbranched alkanes of at least 4 members (excludes halogenated alkanes) is 1. The molecule has 0 atom stereocenters. The lowest BCUT2D eigenvalue weighted by Crippen LogP contribution is -2.16. The third-order valence-electron chi connectivity index (χ3n) is 3.88. The second-order valence-corrected chi connectivity index (χ2v) is 5.87. The number of nitrogens with one attached hydrogen (secondary N) is 2. The fourth-order valence-electron chi connectivity index (χ4n) is 2.60. The highest BCUT2D eigenvalue weighted by Crippen LogP contribution is 2.21. The van der Waals surface area contributed by atoms with Crippen molar-refractivity contribution in [2.45, 2.75) is 19.3 Å². The molecule has 0 fully saturated rings. The summed E-state index contributed by atoms with van der Waals surface area (Å²) in [5.41, 5.74) is 2.01. The lowest BCUT2D eigenvalue weighted by molar-refractivity contribution is -0.116. The van der Waals surface area contributed by atoms with Crippen LogP contribution >= 0.6 is 0 Å². The Kier molecular flexibility index (Phi) is 5.75. The van der Waals surface area contributed by atoms with Crippen LogP contribution in [0.1, 0.15) is 29.8 Å². The normalized spacial score (nSPS) is 10.2. The van der Waals surface area contributed by atoms with Crippen LogP contribution in [0.25, 0.3) is 10.9 Å². The molecule has 2 heterocycles. The molecule has 0 bridgehead atoms. The first-order valence-electron chi connectivity index (χ1n) is 8.52. The predicted octanol–water partition coefficient (Wildman–Crippen LogP) is 3.62. The van der Waals surface area contributed by atoms with Crippen LogP contribution in [0.15, 0.2) is 54.9 Å². The first-order chi connectivity index (χ1) is 13.2. The summed E-state index contributed by atoms with van der Waals surface area (Å²) in [6.07, 6.45) is 9.83. The van der Waals surface area contributed by atoms with Gasteiger partial charge in [0.05, 0.1) is 11.2 Å². The number of amides is 2. The number of pyridine rings is 2. The standard InChI is InChI=1S/C21H18N4O2/c1-2-3-4-10-19(26)24-16-11-13-22-18(14-16)21(27)25-17-9-5-7-15-8-6-12-23-20(15)17/h1,5-9,11-14H,3-4,10H2,(H,25,27)(H,22,24,26). The molecular formula is C21H18N4O2. The second kappa shape index (κ2) is 8.59. The molecule has 0 aliphatic rings. The number of hydrogen-bond donors (Lipinski definition) is 2. The van der Waals surface area contributed by atoms with E-state index >= 15 is 0 Å². The van der Waals surface area contributed by atoms with Crippen molar-refractivity contribution in [1.82, 2.24) is 9.97 Å². The van der Waals surface area contributed by atoms with Crippen molar-refractivity contribution in [1.29, 1.82) is 0 Å². The van der Waals surface area contributed by atoms with Crippen molar-refractivity contribution >= 4 is 34.1 Å². The zero-order chi connectivity index (χ0) is 19.1. The monoisotopic (exact) mass is 358 g/mol. The van der Waals surface area contributed by atoms with E-state index in [1.54, 1.807) is 18.3 Å². The molecule has 6 nitrogen and oxygen atoms in total. The Morgan fingerprint density at radius 3 is 2.74 bits per heavy atom. The van der Waals surface area contributed by atoms with Crippen molar-refractivity contribution < 1.29 is 9.59 Å². The number of carbonyl (C=O) groups excluding carboxylic acids is 2. The van der Waals surface area contributed by atoms with Crippen LogP contribution in [0, 0.1) is 12.3 Å².